The summed E-state index contributed by atoms with van der Waals surface area (Å²) in [5.41, 5.74) is 1.00. The van der Waals surface area contributed by atoms with Crippen LogP contribution in [0.5, 0.6) is 5.75 Å². The molecule has 2 rings (SSSR count). The second-order valence-corrected chi connectivity index (χ2v) is 2.62. The molecule has 0 aliphatic rings. The van der Waals surface area contributed by atoms with Crippen LogP contribution in [0, 0.1) is 6.07 Å². The van der Waals surface area contributed by atoms with Crippen molar-refractivity contribution in [2.45, 2.75) is 0 Å². The van der Waals surface area contributed by atoms with Crippen LogP contribution in [0.4, 0.5) is 0 Å². The Morgan fingerprint density at radius 2 is 2.31 bits per heavy atom. The highest BCUT2D eigenvalue weighted by Gasteiger charge is 2.00. The Hall–Kier alpha value is -1.70. The molecule has 0 N–H and O–H groups in total. The molecule has 0 fully saturated rings. The first-order valence-electron chi connectivity index (χ1n) is 4.00. The van der Waals surface area contributed by atoms with E-state index in [4.69, 9.17) is 9.15 Å². The monoisotopic (exact) mass is 173 g/mol. The minimum Gasteiger partial charge on any atom is -0.496 e. The molecule has 0 unspecified atom stereocenters. The van der Waals surface area contributed by atoms with E-state index in [9.17, 15) is 0 Å². The van der Waals surface area contributed by atoms with Crippen LogP contribution in [0.2, 0.25) is 0 Å². The highest BCUT2D eigenvalue weighted by atomic mass is 16.5. The lowest BCUT2D eigenvalue weighted by molar-refractivity contribution is 0.414. The van der Waals surface area contributed by atoms with E-state index in [0.717, 1.165) is 11.3 Å². The summed E-state index contributed by atoms with van der Waals surface area (Å²) in [6.07, 6.45) is 1.65. The van der Waals surface area contributed by atoms with Crippen LogP contribution < -0.4 is 4.74 Å². The highest BCUT2D eigenvalue weighted by molar-refractivity contribution is 5.58. The first-order valence-corrected chi connectivity index (χ1v) is 4.00. The summed E-state index contributed by atoms with van der Waals surface area (Å²) in [6.45, 7) is 0. The van der Waals surface area contributed by atoms with Gasteiger partial charge in [0.2, 0.25) is 0 Å². The summed E-state index contributed by atoms with van der Waals surface area (Å²) >= 11 is 0. The molecular formula is C11H9O2. The first kappa shape index (κ1) is 7.92. The molecule has 1 aromatic heterocycles. The smallest absolute Gasteiger partial charge is 0.133 e. The van der Waals surface area contributed by atoms with Crippen molar-refractivity contribution in [2.24, 2.45) is 0 Å². The second kappa shape index (κ2) is 3.35. The number of rotatable bonds is 2. The minimum absolute atomic E-state index is 0.717. The first-order chi connectivity index (χ1) is 6.40. The molecule has 2 heteroatoms. The fourth-order valence-corrected chi connectivity index (χ4v) is 1.16. The zero-order valence-electron chi connectivity index (χ0n) is 7.28. The Labute approximate surface area is 76.8 Å². The Kier molecular flexibility index (Phi) is 2.04. The normalized spacial score (nSPS) is 9.92. The molecule has 0 aliphatic heterocycles. The van der Waals surface area contributed by atoms with Crippen molar-refractivity contribution in [2.75, 3.05) is 7.11 Å². The van der Waals surface area contributed by atoms with Gasteiger partial charge in [-0.3, -0.25) is 0 Å². The van der Waals surface area contributed by atoms with E-state index in [-0.39, 0.29) is 0 Å². The van der Waals surface area contributed by atoms with Crippen molar-refractivity contribution in [3.8, 4) is 17.1 Å². The molecule has 1 heterocycles. The van der Waals surface area contributed by atoms with Gasteiger partial charge in [0.1, 0.15) is 11.5 Å². The average Bonchev–Trinajstić information content (AvgIpc) is 2.71. The molecule has 0 spiro atoms. The molecular weight excluding hydrogens is 164 g/mol. The van der Waals surface area contributed by atoms with Gasteiger partial charge in [0.25, 0.3) is 0 Å². The lowest BCUT2D eigenvalue weighted by Crippen LogP contribution is -1.82. The van der Waals surface area contributed by atoms with Crippen molar-refractivity contribution < 1.29 is 9.15 Å². The van der Waals surface area contributed by atoms with Gasteiger partial charge in [0.15, 0.2) is 0 Å². The number of furan rings is 1. The molecule has 0 bridgehead atoms. The Morgan fingerprint density at radius 1 is 1.38 bits per heavy atom. The Balaban J connectivity index is 2.41. The summed E-state index contributed by atoms with van der Waals surface area (Å²) in [7, 11) is 1.62. The maximum Gasteiger partial charge on any atom is 0.133 e. The van der Waals surface area contributed by atoms with E-state index < -0.39 is 0 Å². The SMILES string of the molecule is COc1[c]ccc(-c2ccco2)c1. The number of hydrogen-bond donors (Lipinski definition) is 0. The van der Waals surface area contributed by atoms with Crippen molar-refractivity contribution in [1.29, 1.82) is 0 Å². The molecule has 0 amide bonds. The topological polar surface area (TPSA) is 22.4 Å². The third-order valence-corrected chi connectivity index (χ3v) is 1.80. The Morgan fingerprint density at radius 3 is 3.00 bits per heavy atom. The number of benzene rings is 1. The fourth-order valence-electron chi connectivity index (χ4n) is 1.16. The van der Waals surface area contributed by atoms with Gasteiger partial charge in [0, 0.05) is 11.6 Å². The van der Waals surface area contributed by atoms with Crippen LogP contribution in [-0.4, -0.2) is 7.11 Å². The third kappa shape index (κ3) is 1.56. The van der Waals surface area contributed by atoms with Crippen molar-refractivity contribution in [3.63, 3.8) is 0 Å². The number of ether oxygens (including phenoxy) is 1. The molecule has 2 nitrogen and oxygen atoms in total. The molecule has 65 valence electrons. The highest BCUT2D eigenvalue weighted by Crippen LogP contribution is 2.23. The molecule has 0 saturated heterocycles. The molecule has 0 aliphatic carbocycles. The van der Waals surface area contributed by atoms with Crippen LogP contribution in [-0.2, 0) is 0 Å². The summed E-state index contributed by atoms with van der Waals surface area (Å²) in [6, 6.07) is 12.4. The minimum atomic E-state index is 0.717. The van der Waals surface area contributed by atoms with Crippen molar-refractivity contribution >= 4 is 0 Å². The van der Waals surface area contributed by atoms with Crippen LogP contribution in [0.3, 0.4) is 0 Å². The summed E-state index contributed by atoms with van der Waals surface area (Å²) in [5, 5.41) is 0. The molecule has 1 radical (unpaired) electrons. The maximum atomic E-state index is 5.25. The molecule has 1 aromatic carbocycles. The van der Waals surface area contributed by atoms with E-state index in [0.29, 0.717) is 5.75 Å². The van der Waals surface area contributed by atoms with Gasteiger partial charge < -0.3 is 9.15 Å². The summed E-state index contributed by atoms with van der Waals surface area (Å²) in [4.78, 5) is 0. The van der Waals surface area contributed by atoms with Gasteiger partial charge in [-0.15, -0.1) is 0 Å². The van der Waals surface area contributed by atoms with Gasteiger partial charge >= 0.3 is 0 Å². The van der Waals surface area contributed by atoms with Gasteiger partial charge in [0.05, 0.1) is 13.4 Å². The summed E-state index contributed by atoms with van der Waals surface area (Å²) < 4.78 is 10.3. The molecule has 13 heavy (non-hydrogen) atoms. The molecule has 0 atom stereocenters. The van der Waals surface area contributed by atoms with Crippen molar-refractivity contribution in [3.05, 3.63) is 42.7 Å². The predicted molar refractivity (Wildman–Crippen MR) is 49.5 cm³/mol. The molecule has 0 saturated carbocycles. The standard InChI is InChI=1S/C11H9O2/c1-12-10-5-2-4-9(8-10)11-6-3-7-13-11/h2-4,6-8H,1H3. The van der Waals surface area contributed by atoms with Gasteiger partial charge in [-0.1, -0.05) is 6.07 Å². The van der Waals surface area contributed by atoms with Crippen molar-refractivity contribution in [1.82, 2.24) is 0 Å². The van der Waals surface area contributed by atoms with E-state index in [1.807, 2.05) is 30.3 Å². The van der Waals surface area contributed by atoms with E-state index >= 15 is 0 Å². The fraction of sp³-hybridized carbons (Fsp3) is 0.0909. The van der Waals surface area contributed by atoms with Gasteiger partial charge in [-0.25, -0.2) is 0 Å². The maximum absolute atomic E-state index is 5.25. The quantitative estimate of drug-likeness (QED) is 0.696. The van der Waals surface area contributed by atoms with Crippen LogP contribution in [0.15, 0.2) is 41.0 Å². The van der Waals surface area contributed by atoms with E-state index in [2.05, 4.69) is 6.07 Å². The second-order valence-electron chi connectivity index (χ2n) is 2.62. The zero-order chi connectivity index (χ0) is 9.10. The number of hydrogen-bond acceptors (Lipinski definition) is 2. The van der Waals surface area contributed by atoms with Crippen LogP contribution in [0.25, 0.3) is 11.3 Å². The average molecular weight is 173 g/mol. The van der Waals surface area contributed by atoms with Crippen LogP contribution >= 0.6 is 0 Å². The predicted octanol–water partition coefficient (Wildman–Crippen LogP) is 2.76. The largest absolute Gasteiger partial charge is 0.496 e. The summed E-state index contributed by atoms with van der Waals surface area (Å²) in [5.74, 6) is 1.56. The lowest BCUT2D eigenvalue weighted by atomic mass is 10.2. The van der Waals surface area contributed by atoms with Gasteiger partial charge in [-0.2, -0.15) is 0 Å². The van der Waals surface area contributed by atoms with E-state index in [1.54, 1.807) is 13.4 Å². The number of methoxy groups -OCH3 is 1. The zero-order valence-corrected chi connectivity index (χ0v) is 7.28. The van der Waals surface area contributed by atoms with Crippen LogP contribution in [0.1, 0.15) is 0 Å². The lowest BCUT2D eigenvalue weighted by Gasteiger charge is -2.00. The van der Waals surface area contributed by atoms with E-state index in [1.165, 1.54) is 0 Å². The molecule has 2 aromatic rings. The Bertz CT molecular complexity index is 377. The van der Waals surface area contributed by atoms with Gasteiger partial charge in [-0.05, 0) is 24.3 Å². The third-order valence-electron chi connectivity index (χ3n) is 1.80.